The van der Waals surface area contributed by atoms with E-state index >= 15 is 0 Å². The minimum Gasteiger partial charge on any atom is -0.406 e. The molecule has 114 valence electrons. The molecule has 5 nitrogen and oxygen atoms in total. The highest BCUT2D eigenvalue weighted by Crippen LogP contribution is 2.23. The molecule has 0 radical (unpaired) electrons. The number of anilines is 2. The second kappa shape index (κ2) is 7.17. The molecule has 0 aliphatic carbocycles. The molecule has 1 aromatic carbocycles. The summed E-state index contributed by atoms with van der Waals surface area (Å²) in [5.41, 5.74) is 0.823. The molecular formula is C15H21FN4O. The quantitative estimate of drug-likeness (QED) is 0.849. The lowest BCUT2D eigenvalue weighted by atomic mass is 10.2. The zero-order valence-electron chi connectivity index (χ0n) is 12.6. The highest BCUT2D eigenvalue weighted by molar-refractivity contribution is 5.55. The molecule has 0 saturated heterocycles. The van der Waals surface area contributed by atoms with E-state index in [4.69, 9.17) is 4.42 Å². The summed E-state index contributed by atoms with van der Waals surface area (Å²) in [6, 6.07) is 6.64. The standard InChI is InChI=1S/C15H21FN4O/c1-4-20(13-7-5-12(16)6-8-13)15-19-18-14(21-15)10-17-9-11(2)3/h5-8,11,17H,4,9-10H2,1-3H3. The molecule has 6 heteroatoms. The van der Waals surface area contributed by atoms with Gasteiger partial charge in [0, 0.05) is 12.2 Å². The van der Waals surface area contributed by atoms with Gasteiger partial charge in [-0.1, -0.05) is 18.9 Å². The van der Waals surface area contributed by atoms with Crippen molar-refractivity contribution in [3.8, 4) is 0 Å². The van der Waals surface area contributed by atoms with Crippen LogP contribution in [-0.4, -0.2) is 23.3 Å². The van der Waals surface area contributed by atoms with E-state index in [0.717, 1.165) is 12.2 Å². The lowest BCUT2D eigenvalue weighted by molar-refractivity contribution is 0.453. The van der Waals surface area contributed by atoms with Crippen molar-refractivity contribution in [2.45, 2.75) is 27.3 Å². The van der Waals surface area contributed by atoms with Crippen LogP contribution in [0.15, 0.2) is 28.7 Å². The van der Waals surface area contributed by atoms with E-state index in [9.17, 15) is 4.39 Å². The lowest BCUT2D eigenvalue weighted by Gasteiger charge is -2.17. The molecule has 1 aromatic heterocycles. The van der Waals surface area contributed by atoms with E-state index in [1.807, 2.05) is 11.8 Å². The summed E-state index contributed by atoms with van der Waals surface area (Å²) in [6.45, 7) is 8.36. The zero-order valence-corrected chi connectivity index (χ0v) is 12.6. The van der Waals surface area contributed by atoms with Gasteiger partial charge in [0.2, 0.25) is 5.89 Å². The highest BCUT2D eigenvalue weighted by Gasteiger charge is 2.14. The number of nitrogens with one attached hydrogen (secondary N) is 1. The van der Waals surface area contributed by atoms with Crippen LogP contribution in [0.3, 0.4) is 0 Å². The van der Waals surface area contributed by atoms with Gasteiger partial charge in [-0.15, -0.1) is 5.10 Å². The van der Waals surface area contributed by atoms with Crippen molar-refractivity contribution in [2.24, 2.45) is 5.92 Å². The van der Waals surface area contributed by atoms with Crippen molar-refractivity contribution in [3.05, 3.63) is 36.0 Å². The van der Waals surface area contributed by atoms with E-state index in [-0.39, 0.29) is 5.82 Å². The number of hydrogen-bond donors (Lipinski definition) is 1. The highest BCUT2D eigenvalue weighted by atomic mass is 19.1. The summed E-state index contributed by atoms with van der Waals surface area (Å²) in [6.07, 6.45) is 0. The van der Waals surface area contributed by atoms with Crippen molar-refractivity contribution in [3.63, 3.8) is 0 Å². The number of aromatic nitrogens is 2. The molecule has 1 N–H and O–H groups in total. The molecule has 0 aliphatic rings. The third-order valence-electron chi connectivity index (χ3n) is 2.97. The monoisotopic (exact) mass is 292 g/mol. The Bertz CT molecular complexity index is 553. The number of halogens is 1. The number of rotatable bonds is 7. The summed E-state index contributed by atoms with van der Waals surface area (Å²) in [7, 11) is 0. The first-order valence-corrected chi connectivity index (χ1v) is 7.16. The van der Waals surface area contributed by atoms with E-state index < -0.39 is 0 Å². The molecule has 0 bridgehead atoms. The second-order valence-electron chi connectivity index (χ2n) is 5.22. The fourth-order valence-electron chi connectivity index (χ4n) is 1.94. The Labute approximate surface area is 124 Å². The summed E-state index contributed by atoms with van der Waals surface area (Å²) < 4.78 is 18.6. The predicted molar refractivity (Wildman–Crippen MR) is 79.9 cm³/mol. The Hall–Kier alpha value is -1.95. The molecule has 0 spiro atoms. The van der Waals surface area contributed by atoms with Crippen molar-refractivity contribution in [1.29, 1.82) is 0 Å². The Balaban J connectivity index is 2.05. The molecule has 0 aliphatic heterocycles. The predicted octanol–water partition coefficient (Wildman–Crippen LogP) is 3.11. The van der Waals surface area contributed by atoms with E-state index in [0.29, 0.717) is 30.9 Å². The molecule has 2 rings (SSSR count). The van der Waals surface area contributed by atoms with Crippen LogP contribution in [0.1, 0.15) is 26.7 Å². The molecule has 21 heavy (non-hydrogen) atoms. The van der Waals surface area contributed by atoms with Gasteiger partial charge in [0.25, 0.3) is 0 Å². The molecule has 1 heterocycles. The maximum Gasteiger partial charge on any atom is 0.322 e. The normalized spacial score (nSPS) is 11.1. The Kier molecular flexibility index (Phi) is 5.27. The zero-order chi connectivity index (χ0) is 15.2. The van der Waals surface area contributed by atoms with Crippen molar-refractivity contribution < 1.29 is 8.81 Å². The Morgan fingerprint density at radius 1 is 1.24 bits per heavy atom. The Morgan fingerprint density at radius 3 is 2.57 bits per heavy atom. The van der Waals surface area contributed by atoms with Gasteiger partial charge in [-0.2, -0.15) is 0 Å². The van der Waals surface area contributed by atoms with Gasteiger partial charge >= 0.3 is 6.01 Å². The average Bonchev–Trinajstić information content (AvgIpc) is 2.90. The maximum atomic E-state index is 13.0. The van der Waals surface area contributed by atoms with Gasteiger partial charge in [0.05, 0.1) is 6.54 Å². The minimum atomic E-state index is -0.265. The summed E-state index contributed by atoms with van der Waals surface area (Å²) >= 11 is 0. The summed E-state index contributed by atoms with van der Waals surface area (Å²) in [5, 5.41) is 11.3. The fraction of sp³-hybridized carbons (Fsp3) is 0.467. The van der Waals surface area contributed by atoms with E-state index in [2.05, 4.69) is 29.4 Å². The molecule has 0 fully saturated rings. The van der Waals surface area contributed by atoms with E-state index in [1.54, 1.807) is 12.1 Å². The molecular weight excluding hydrogens is 271 g/mol. The fourth-order valence-corrected chi connectivity index (χ4v) is 1.94. The Morgan fingerprint density at radius 2 is 1.95 bits per heavy atom. The number of hydrogen-bond acceptors (Lipinski definition) is 5. The molecule has 0 atom stereocenters. The largest absolute Gasteiger partial charge is 0.406 e. The third kappa shape index (κ3) is 4.26. The van der Waals surface area contributed by atoms with Crippen LogP contribution in [0.25, 0.3) is 0 Å². The van der Waals surface area contributed by atoms with Crippen LogP contribution in [-0.2, 0) is 6.54 Å². The van der Waals surface area contributed by atoms with Crippen LogP contribution in [0.2, 0.25) is 0 Å². The van der Waals surface area contributed by atoms with Gasteiger partial charge in [-0.3, -0.25) is 4.90 Å². The van der Waals surface area contributed by atoms with Crippen LogP contribution in [0.5, 0.6) is 0 Å². The molecule has 0 unspecified atom stereocenters. The van der Waals surface area contributed by atoms with Crippen LogP contribution < -0.4 is 10.2 Å². The van der Waals surface area contributed by atoms with Crippen LogP contribution in [0, 0.1) is 11.7 Å². The topological polar surface area (TPSA) is 54.2 Å². The SMILES string of the molecule is CCN(c1ccc(F)cc1)c1nnc(CNCC(C)C)o1. The first kappa shape index (κ1) is 15.4. The van der Waals surface area contributed by atoms with Crippen molar-refractivity contribution >= 4 is 11.7 Å². The molecule has 2 aromatic rings. The maximum absolute atomic E-state index is 13.0. The third-order valence-corrected chi connectivity index (χ3v) is 2.97. The summed E-state index contributed by atoms with van der Waals surface area (Å²) in [5.74, 6) is 0.851. The van der Waals surface area contributed by atoms with Gasteiger partial charge < -0.3 is 9.73 Å². The first-order valence-electron chi connectivity index (χ1n) is 7.16. The first-order chi connectivity index (χ1) is 10.1. The summed E-state index contributed by atoms with van der Waals surface area (Å²) in [4.78, 5) is 1.85. The average molecular weight is 292 g/mol. The number of nitrogens with zero attached hydrogens (tertiary/aromatic N) is 3. The molecule has 0 saturated carbocycles. The van der Waals surface area contributed by atoms with Gasteiger partial charge in [0.15, 0.2) is 0 Å². The molecule has 0 amide bonds. The van der Waals surface area contributed by atoms with E-state index in [1.165, 1.54) is 12.1 Å². The van der Waals surface area contributed by atoms with Gasteiger partial charge in [0.1, 0.15) is 5.82 Å². The lowest BCUT2D eigenvalue weighted by Crippen LogP contribution is -2.19. The van der Waals surface area contributed by atoms with Gasteiger partial charge in [-0.05, 0) is 43.7 Å². The van der Waals surface area contributed by atoms with Gasteiger partial charge in [-0.25, -0.2) is 4.39 Å². The van der Waals surface area contributed by atoms with Crippen LogP contribution >= 0.6 is 0 Å². The van der Waals surface area contributed by atoms with Crippen molar-refractivity contribution in [1.82, 2.24) is 15.5 Å². The second-order valence-corrected chi connectivity index (χ2v) is 5.22. The van der Waals surface area contributed by atoms with Crippen LogP contribution in [0.4, 0.5) is 16.1 Å². The van der Waals surface area contributed by atoms with Crippen molar-refractivity contribution in [2.75, 3.05) is 18.0 Å². The smallest absolute Gasteiger partial charge is 0.322 e. The number of benzene rings is 1. The minimum absolute atomic E-state index is 0.265.